The number of hydrogen-bond acceptors (Lipinski definition) is 2. The minimum Gasteiger partial charge on any atom is -0.489 e. The molecule has 0 unspecified atom stereocenters. The molecule has 0 atom stereocenters. The second-order valence-corrected chi connectivity index (χ2v) is 4.00. The maximum absolute atomic E-state index is 13.1. The lowest BCUT2D eigenvalue weighted by Crippen LogP contribution is -2.06. The van der Waals surface area contributed by atoms with Gasteiger partial charge >= 0.3 is 5.97 Å². The van der Waals surface area contributed by atoms with Crippen LogP contribution in [0.25, 0.3) is 0 Å². The topological polar surface area (TPSA) is 46.5 Å². The largest absolute Gasteiger partial charge is 0.489 e. The van der Waals surface area contributed by atoms with Crippen LogP contribution in [0.5, 0.6) is 5.75 Å². The van der Waals surface area contributed by atoms with Gasteiger partial charge in [-0.25, -0.2) is 18.0 Å². The molecule has 104 valence electrons. The van der Waals surface area contributed by atoms with Gasteiger partial charge in [0.05, 0.1) is 5.56 Å². The fourth-order valence-corrected chi connectivity index (χ4v) is 1.66. The molecule has 0 saturated heterocycles. The van der Waals surface area contributed by atoms with E-state index in [-0.39, 0.29) is 23.5 Å². The van der Waals surface area contributed by atoms with E-state index in [0.717, 1.165) is 30.3 Å². The van der Waals surface area contributed by atoms with E-state index < -0.39 is 23.4 Å². The second kappa shape index (κ2) is 5.64. The molecule has 0 spiro atoms. The third-order valence-corrected chi connectivity index (χ3v) is 2.53. The predicted molar refractivity (Wildman–Crippen MR) is 64.0 cm³/mol. The van der Waals surface area contributed by atoms with Crippen molar-refractivity contribution in [1.82, 2.24) is 0 Å². The fourth-order valence-electron chi connectivity index (χ4n) is 1.66. The Balaban J connectivity index is 2.22. The molecule has 6 heteroatoms. The van der Waals surface area contributed by atoms with Gasteiger partial charge in [-0.1, -0.05) is 0 Å². The molecule has 2 aromatic carbocycles. The standard InChI is InChI=1S/C14H9F3O3/c15-9-1-2-13(14(18)19)8(3-9)7-20-12-5-10(16)4-11(17)6-12/h1-6H,7H2,(H,18,19). The van der Waals surface area contributed by atoms with Crippen molar-refractivity contribution in [3.63, 3.8) is 0 Å². The number of benzene rings is 2. The maximum Gasteiger partial charge on any atom is 0.336 e. The second-order valence-electron chi connectivity index (χ2n) is 4.00. The molecule has 2 aromatic rings. The summed E-state index contributed by atoms with van der Waals surface area (Å²) in [6.07, 6.45) is 0. The van der Waals surface area contributed by atoms with Gasteiger partial charge in [-0.3, -0.25) is 0 Å². The summed E-state index contributed by atoms with van der Waals surface area (Å²) in [7, 11) is 0. The van der Waals surface area contributed by atoms with Gasteiger partial charge in [0.1, 0.15) is 29.8 Å². The van der Waals surface area contributed by atoms with E-state index in [9.17, 15) is 18.0 Å². The first-order valence-electron chi connectivity index (χ1n) is 5.56. The van der Waals surface area contributed by atoms with E-state index in [2.05, 4.69) is 0 Å². The van der Waals surface area contributed by atoms with E-state index in [0.29, 0.717) is 6.07 Å². The minimum absolute atomic E-state index is 0.0715. The van der Waals surface area contributed by atoms with Gasteiger partial charge in [-0.2, -0.15) is 0 Å². The van der Waals surface area contributed by atoms with Gasteiger partial charge in [-0.05, 0) is 18.2 Å². The molecule has 0 aliphatic rings. The summed E-state index contributed by atoms with van der Waals surface area (Å²) in [5, 5.41) is 8.94. The van der Waals surface area contributed by atoms with Gasteiger partial charge in [0, 0.05) is 23.8 Å². The third kappa shape index (κ3) is 3.28. The van der Waals surface area contributed by atoms with Crippen LogP contribution in [0.3, 0.4) is 0 Å². The number of halogens is 3. The number of ether oxygens (including phenoxy) is 1. The Hall–Kier alpha value is -2.50. The molecule has 0 fully saturated rings. The molecule has 0 aliphatic heterocycles. The fraction of sp³-hybridized carbons (Fsp3) is 0.0714. The van der Waals surface area contributed by atoms with Crippen molar-refractivity contribution in [2.75, 3.05) is 0 Å². The van der Waals surface area contributed by atoms with Crippen LogP contribution in [0.1, 0.15) is 15.9 Å². The van der Waals surface area contributed by atoms with Crippen molar-refractivity contribution in [1.29, 1.82) is 0 Å². The third-order valence-electron chi connectivity index (χ3n) is 2.53. The molecule has 3 nitrogen and oxygen atoms in total. The Labute approximate surface area is 112 Å². The Morgan fingerprint density at radius 2 is 1.65 bits per heavy atom. The van der Waals surface area contributed by atoms with E-state index >= 15 is 0 Å². The lowest BCUT2D eigenvalue weighted by atomic mass is 10.1. The van der Waals surface area contributed by atoms with Crippen LogP contribution in [-0.4, -0.2) is 11.1 Å². The van der Waals surface area contributed by atoms with E-state index in [4.69, 9.17) is 9.84 Å². The lowest BCUT2D eigenvalue weighted by Gasteiger charge is -2.09. The molecule has 20 heavy (non-hydrogen) atoms. The summed E-state index contributed by atoms with van der Waals surface area (Å²) in [5.74, 6) is -3.62. The van der Waals surface area contributed by atoms with Crippen molar-refractivity contribution >= 4 is 5.97 Å². The van der Waals surface area contributed by atoms with Gasteiger partial charge in [0.2, 0.25) is 0 Å². The van der Waals surface area contributed by atoms with Crippen LogP contribution >= 0.6 is 0 Å². The Kier molecular flexibility index (Phi) is 3.93. The molecule has 0 heterocycles. The summed E-state index contributed by atoms with van der Waals surface area (Å²) in [4.78, 5) is 11.0. The van der Waals surface area contributed by atoms with Crippen molar-refractivity contribution in [2.45, 2.75) is 6.61 Å². The maximum atomic E-state index is 13.1. The first-order valence-corrected chi connectivity index (χ1v) is 5.56. The number of hydrogen-bond donors (Lipinski definition) is 1. The van der Waals surface area contributed by atoms with Crippen LogP contribution in [0.4, 0.5) is 13.2 Å². The normalized spacial score (nSPS) is 10.3. The zero-order valence-electron chi connectivity index (χ0n) is 10.1. The minimum atomic E-state index is -1.24. The highest BCUT2D eigenvalue weighted by atomic mass is 19.1. The molecular weight excluding hydrogens is 273 g/mol. The van der Waals surface area contributed by atoms with Crippen LogP contribution in [0.2, 0.25) is 0 Å². The smallest absolute Gasteiger partial charge is 0.336 e. The molecular formula is C14H9F3O3. The average molecular weight is 282 g/mol. The molecule has 2 rings (SSSR count). The highest BCUT2D eigenvalue weighted by molar-refractivity contribution is 5.89. The van der Waals surface area contributed by atoms with Gasteiger partial charge in [-0.15, -0.1) is 0 Å². The van der Waals surface area contributed by atoms with Crippen LogP contribution in [-0.2, 0) is 6.61 Å². The summed E-state index contributed by atoms with van der Waals surface area (Å²) in [5.41, 5.74) is -0.0644. The lowest BCUT2D eigenvalue weighted by molar-refractivity contribution is 0.0694. The highest BCUT2D eigenvalue weighted by Crippen LogP contribution is 2.19. The number of rotatable bonds is 4. The van der Waals surface area contributed by atoms with E-state index in [1.165, 1.54) is 0 Å². The molecule has 0 bridgehead atoms. The summed E-state index contributed by atoms with van der Waals surface area (Å²) in [6.45, 7) is -0.317. The van der Waals surface area contributed by atoms with Crippen molar-refractivity contribution in [3.8, 4) is 5.75 Å². The summed E-state index contributed by atoms with van der Waals surface area (Å²) < 4.78 is 44.1. The van der Waals surface area contributed by atoms with Gasteiger partial charge in [0.15, 0.2) is 0 Å². The number of carboxylic acid groups (broad SMARTS) is 1. The van der Waals surface area contributed by atoms with Crippen LogP contribution < -0.4 is 4.74 Å². The van der Waals surface area contributed by atoms with Gasteiger partial charge in [0.25, 0.3) is 0 Å². The zero-order valence-corrected chi connectivity index (χ0v) is 10.1. The van der Waals surface area contributed by atoms with E-state index in [1.54, 1.807) is 0 Å². The van der Waals surface area contributed by atoms with Crippen LogP contribution in [0, 0.1) is 17.5 Å². The van der Waals surface area contributed by atoms with Gasteiger partial charge < -0.3 is 9.84 Å². The molecule has 1 N–H and O–H groups in total. The van der Waals surface area contributed by atoms with Crippen molar-refractivity contribution in [3.05, 3.63) is 65.0 Å². The SMILES string of the molecule is O=C(O)c1ccc(F)cc1COc1cc(F)cc(F)c1. The first kappa shape index (κ1) is 13.9. The average Bonchev–Trinajstić information content (AvgIpc) is 2.35. The molecule has 0 amide bonds. The Morgan fingerprint density at radius 1 is 1.00 bits per heavy atom. The van der Waals surface area contributed by atoms with Crippen molar-refractivity contribution < 1.29 is 27.8 Å². The highest BCUT2D eigenvalue weighted by Gasteiger charge is 2.12. The summed E-state index contributed by atoms with van der Waals surface area (Å²) in [6, 6.07) is 5.68. The zero-order chi connectivity index (χ0) is 14.7. The number of aromatic carboxylic acids is 1. The predicted octanol–water partition coefficient (Wildman–Crippen LogP) is 3.38. The molecule has 0 saturated carbocycles. The number of carboxylic acids is 1. The van der Waals surface area contributed by atoms with E-state index in [1.807, 2.05) is 0 Å². The number of carbonyl (C=O) groups is 1. The quantitative estimate of drug-likeness (QED) is 0.935. The summed E-state index contributed by atoms with van der Waals surface area (Å²) >= 11 is 0. The molecule has 0 aromatic heterocycles. The first-order chi connectivity index (χ1) is 9.45. The Morgan fingerprint density at radius 3 is 2.25 bits per heavy atom. The monoisotopic (exact) mass is 282 g/mol. The Bertz CT molecular complexity index is 636. The van der Waals surface area contributed by atoms with Crippen LogP contribution in [0.15, 0.2) is 36.4 Å². The van der Waals surface area contributed by atoms with Crippen molar-refractivity contribution in [2.24, 2.45) is 0 Å². The molecule has 0 aliphatic carbocycles. The molecule has 0 radical (unpaired) electrons.